The summed E-state index contributed by atoms with van der Waals surface area (Å²) in [5.74, 6) is -2.66. The van der Waals surface area contributed by atoms with Crippen molar-refractivity contribution in [2.75, 3.05) is 26.8 Å². The molecular formula is C38H51NO13. The molecule has 1 fully saturated rings. The van der Waals surface area contributed by atoms with Gasteiger partial charge in [-0.05, 0) is 77.8 Å². The second kappa shape index (κ2) is 15.8. The van der Waals surface area contributed by atoms with E-state index in [1.54, 1.807) is 32.9 Å². The van der Waals surface area contributed by atoms with Gasteiger partial charge in [0.2, 0.25) is 6.10 Å². The van der Waals surface area contributed by atoms with Crippen LogP contribution in [0.1, 0.15) is 104 Å². The van der Waals surface area contributed by atoms with Crippen molar-refractivity contribution in [2.45, 2.75) is 134 Å². The highest BCUT2D eigenvalue weighted by Crippen LogP contribution is 2.65. The Balaban J connectivity index is 1.30. The maximum atomic E-state index is 13.3. The summed E-state index contributed by atoms with van der Waals surface area (Å²) in [7, 11) is 1.97. The Morgan fingerprint density at radius 1 is 0.981 bits per heavy atom. The Kier molecular flexibility index (Phi) is 11.9. The summed E-state index contributed by atoms with van der Waals surface area (Å²) in [4.78, 5) is 66.0. The van der Waals surface area contributed by atoms with E-state index in [1.807, 2.05) is 27.0 Å². The van der Waals surface area contributed by atoms with E-state index in [1.165, 1.54) is 0 Å². The number of carbonyl (C=O) groups is 5. The second-order valence-electron chi connectivity index (χ2n) is 14.9. The summed E-state index contributed by atoms with van der Waals surface area (Å²) in [6.45, 7) is 9.94. The van der Waals surface area contributed by atoms with E-state index in [4.69, 9.17) is 33.2 Å². The monoisotopic (exact) mass is 729 g/mol. The number of carbonyl (C=O) groups excluding carboxylic acids is 5. The van der Waals surface area contributed by atoms with Crippen molar-refractivity contribution in [3.8, 4) is 11.5 Å². The fourth-order valence-electron chi connectivity index (χ4n) is 7.60. The average molecular weight is 730 g/mol. The molecule has 1 aromatic carbocycles. The van der Waals surface area contributed by atoms with Gasteiger partial charge >= 0.3 is 30.0 Å². The summed E-state index contributed by atoms with van der Waals surface area (Å²) in [5, 5.41) is 12.5. The number of piperidine rings is 1. The number of nitrogens with zero attached hydrogens (tertiary/aromatic N) is 1. The van der Waals surface area contributed by atoms with Crippen molar-refractivity contribution in [1.29, 1.82) is 0 Å². The predicted molar refractivity (Wildman–Crippen MR) is 183 cm³/mol. The summed E-state index contributed by atoms with van der Waals surface area (Å²) >= 11 is 0. The number of rotatable bonds is 15. The first kappa shape index (κ1) is 39.0. The SMILES string of the molecule is CCCCOC(=O)C[C@H](OC(=O)CCC(=O)OC1=CC[C@@]2(O)[C@H]3Cc4ccc(OC(=O)OC(C)(C)C)c5c4[C@@]2(CCN3C)[C@H]1O5)C(=O)OCCCC. The second-order valence-corrected chi connectivity index (χ2v) is 14.9. The molecule has 1 spiro atoms. The number of likely N-dealkylation sites (N-methyl/N-ethyl adjacent to an activating group) is 1. The van der Waals surface area contributed by atoms with Gasteiger partial charge in [-0.15, -0.1) is 0 Å². The molecule has 4 aliphatic rings. The van der Waals surface area contributed by atoms with Crippen LogP contribution in [0.5, 0.6) is 11.5 Å². The zero-order valence-electron chi connectivity index (χ0n) is 30.9. The van der Waals surface area contributed by atoms with Crippen LogP contribution in [0, 0.1) is 0 Å². The molecule has 5 rings (SSSR count). The fourth-order valence-corrected chi connectivity index (χ4v) is 7.60. The molecule has 0 radical (unpaired) electrons. The molecule has 0 amide bonds. The Hall–Kier alpha value is -4.17. The van der Waals surface area contributed by atoms with Gasteiger partial charge in [-0.1, -0.05) is 32.8 Å². The van der Waals surface area contributed by atoms with Crippen LogP contribution in [0.15, 0.2) is 24.0 Å². The lowest BCUT2D eigenvalue weighted by molar-refractivity contribution is -0.173. The maximum absolute atomic E-state index is 13.3. The lowest BCUT2D eigenvalue weighted by Crippen LogP contribution is -2.74. The van der Waals surface area contributed by atoms with Gasteiger partial charge < -0.3 is 43.2 Å². The van der Waals surface area contributed by atoms with Crippen molar-refractivity contribution in [1.82, 2.24) is 4.90 Å². The number of aliphatic hydroxyl groups is 1. The Morgan fingerprint density at radius 3 is 2.37 bits per heavy atom. The van der Waals surface area contributed by atoms with Gasteiger partial charge in [0, 0.05) is 18.0 Å². The molecule has 286 valence electrons. The molecule has 0 aromatic heterocycles. The molecule has 5 atom stereocenters. The van der Waals surface area contributed by atoms with Crippen LogP contribution in [-0.2, 0) is 54.7 Å². The number of ether oxygens (including phenoxy) is 7. The third-order valence-corrected chi connectivity index (χ3v) is 10.1. The molecule has 0 unspecified atom stereocenters. The van der Waals surface area contributed by atoms with Gasteiger partial charge in [-0.25, -0.2) is 9.59 Å². The van der Waals surface area contributed by atoms with E-state index >= 15 is 0 Å². The van der Waals surface area contributed by atoms with Crippen LogP contribution in [0.3, 0.4) is 0 Å². The minimum absolute atomic E-state index is 0.104. The fraction of sp³-hybridized carbons (Fsp3) is 0.658. The molecule has 2 heterocycles. The van der Waals surface area contributed by atoms with E-state index in [0.717, 1.165) is 24.0 Å². The third kappa shape index (κ3) is 7.92. The van der Waals surface area contributed by atoms with Crippen molar-refractivity contribution in [3.63, 3.8) is 0 Å². The Morgan fingerprint density at radius 2 is 1.67 bits per heavy atom. The zero-order chi connectivity index (χ0) is 37.8. The minimum atomic E-state index is -1.52. The Labute approximate surface area is 304 Å². The quantitative estimate of drug-likeness (QED) is 0.115. The summed E-state index contributed by atoms with van der Waals surface area (Å²) in [6, 6.07) is 3.26. The van der Waals surface area contributed by atoms with Gasteiger partial charge in [-0.3, -0.25) is 14.4 Å². The van der Waals surface area contributed by atoms with Crippen molar-refractivity contribution in [3.05, 3.63) is 35.1 Å². The van der Waals surface area contributed by atoms with Crippen molar-refractivity contribution in [2.24, 2.45) is 0 Å². The first-order valence-electron chi connectivity index (χ1n) is 18.2. The normalized spacial score (nSPS) is 24.7. The van der Waals surface area contributed by atoms with Crippen LogP contribution < -0.4 is 9.47 Å². The van der Waals surface area contributed by atoms with Crippen molar-refractivity contribution >= 4 is 30.0 Å². The molecule has 1 aromatic rings. The highest BCUT2D eigenvalue weighted by Gasteiger charge is 2.72. The lowest BCUT2D eigenvalue weighted by Gasteiger charge is -2.61. The van der Waals surface area contributed by atoms with Gasteiger partial charge in [-0.2, -0.15) is 0 Å². The molecule has 2 bridgehead atoms. The molecule has 1 N–H and O–H groups in total. The number of hydrogen-bond donors (Lipinski definition) is 1. The molecule has 14 heteroatoms. The number of esters is 4. The number of hydrogen-bond acceptors (Lipinski definition) is 14. The first-order chi connectivity index (χ1) is 24.6. The smallest absolute Gasteiger partial charge is 0.477 e. The highest BCUT2D eigenvalue weighted by atomic mass is 16.7. The van der Waals surface area contributed by atoms with E-state index in [2.05, 4.69) is 4.90 Å². The van der Waals surface area contributed by atoms with Gasteiger partial charge in [0.1, 0.15) is 11.4 Å². The molecule has 2 aliphatic heterocycles. The van der Waals surface area contributed by atoms with Crippen LogP contribution in [0.4, 0.5) is 4.79 Å². The highest BCUT2D eigenvalue weighted by molar-refractivity contribution is 5.85. The third-order valence-electron chi connectivity index (χ3n) is 10.1. The van der Waals surface area contributed by atoms with E-state index in [-0.39, 0.29) is 42.9 Å². The topological polar surface area (TPSA) is 173 Å². The first-order valence-corrected chi connectivity index (χ1v) is 18.2. The molecule has 14 nitrogen and oxygen atoms in total. The van der Waals surface area contributed by atoms with Gasteiger partial charge in [0.25, 0.3) is 0 Å². The molecule has 2 aliphatic carbocycles. The number of benzene rings is 1. The maximum Gasteiger partial charge on any atom is 0.514 e. The van der Waals surface area contributed by atoms with Gasteiger partial charge in [0.05, 0.1) is 43.5 Å². The lowest BCUT2D eigenvalue weighted by atomic mass is 9.50. The standard InChI is InChI=1S/C38H51NO13/c1-7-9-19-46-30(42)22-26(34(43)47-20-10-8-2)49-29(41)14-13-28(40)48-25-15-16-38(45)27-21-23-11-12-24(50-35(44)52-36(3,4)5)32-31(23)37(38,33(25)51-32)17-18-39(27)6/h11-12,15,26-27,33,45H,7-10,13-14,16-22H2,1-6H3/t26-,27+,33-,37-,38+/m0/s1. The number of unbranched alkanes of at least 4 members (excludes halogenated alkanes) is 2. The molecule has 1 saturated heterocycles. The average Bonchev–Trinajstić information content (AvgIpc) is 3.43. The van der Waals surface area contributed by atoms with Gasteiger partial charge in [0.15, 0.2) is 17.6 Å². The predicted octanol–water partition coefficient (Wildman–Crippen LogP) is 4.59. The Bertz CT molecular complexity index is 1580. The largest absolute Gasteiger partial charge is 0.514 e. The zero-order valence-corrected chi connectivity index (χ0v) is 30.9. The van der Waals surface area contributed by atoms with Crippen LogP contribution in [-0.4, -0.2) is 96.3 Å². The number of likely N-dealkylation sites (tertiary alicyclic amines) is 1. The van der Waals surface area contributed by atoms with Crippen molar-refractivity contribution < 1.29 is 62.2 Å². The summed E-state index contributed by atoms with van der Waals surface area (Å²) in [6.07, 6.45) is 0.904. The summed E-state index contributed by atoms with van der Waals surface area (Å²) in [5.41, 5.74) is -1.44. The summed E-state index contributed by atoms with van der Waals surface area (Å²) < 4.78 is 39.0. The van der Waals surface area contributed by atoms with E-state index in [9.17, 15) is 29.1 Å². The minimum Gasteiger partial charge on any atom is -0.477 e. The van der Waals surface area contributed by atoms with Crippen LogP contribution in [0.25, 0.3) is 0 Å². The molecular weight excluding hydrogens is 678 g/mol. The van der Waals surface area contributed by atoms with E-state index < -0.39 is 78.1 Å². The van der Waals surface area contributed by atoms with Crippen LogP contribution >= 0.6 is 0 Å². The molecule has 52 heavy (non-hydrogen) atoms. The molecule has 0 saturated carbocycles. The van der Waals surface area contributed by atoms with Crippen LogP contribution in [0.2, 0.25) is 0 Å². The van der Waals surface area contributed by atoms with E-state index in [0.29, 0.717) is 32.2 Å².